The summed E-state index contributed by atoms with van der Waals surface area (Å²) < 4.78 is 11.7. The lowest BCUT2D eigenvalue weighted by molar-refractivity contribution is -0.218. The van der Waals surface area contributed by atoms with Crippen LogP contribution in [0.1, 0.15) is 161 Å². The van der Waals surface area contributed by atoms with Crippen LogP contribution in [0.4, 0.5) is 0 Å². The maximum atomic E-state index is 6.05. The molecular formula is C61H72O6. The van der Waals surface area contributed by atoms with E-state index in [1.165, 1.54) is 82.2 Å². The van der Waals surface area contributed by atoms with Gasteiger partial charge in [0.1, 0.15) is 19.0 Å². The molecular weight excluding hydrogens is 829 g/mol. The van der Waals surface area contributed by atoms with E-state index in [0.717, 1.165) is 74.4 Å². The molecule has 0 aliphatic heterocycles. The fourth-order valence-electron chi connectivity index (χ4n) is 10.6. The second-order valence-corrected chi connectivity index (χ2v) is 20.4. The van der Waals surface area contributed by atoms with Gasteiger partial charge in [0, 0.05) is 12.0 Å². The molecule has 2 aliphatic rings. The molecule has 0 heterocycles. The monoisotopic (exact) mass is 901 g/mol. The van der Waals surface area contributed by atoms with Gasteiger partial charge in [-0.2, -0.15) is 9.78 Å². The van der Waals surface area contributed by atoms with Gasteiger partial charge < -0.3 is 19.2 Å². The quantitative estimate of drug-likeness (QED) is 0.0343. The molecule has 352 valence electrons. The average Bonchev–Trinajstić information content (AvgIpc) is 3.69. The standard InChI is InChI=1S/C61H72O6/c1-7-9-11-13-35-63-52-27-22-49(23-28-52)41-64-66-53-29-24-50(25-30-53)42-65-67-54-31-33-56-58(39-54)61(44-60(56,5)6)43-59(3,4)55-32-26-51(38-57(55)61)37-47-16-14-45(15-17-47)36-46-18-20-48(21-19-46)40-62-34-12-10-8-2/h14-33,38-39H,7-13,34-37,40-44H2,1-6H3. The van der Waals surface area contributed by atoms with E-state index in [1.807, 2.05) is 48.5 Å². The lowest BCUT2D eigenvalue weighted by atomic mass is 9.72. The normalized spacial score (nSPS) is 16.5. The van der Waals surface area contributed by atoms with Crippen LogP contribution in [0.15, 0.2) is 133 Å². The molecule has 0 N–H and O–H groups in total. The SMILES string of the molecule is CCCCCCOc1ccc(COOc2ccc(COOc3ccc4c(c3)C3(CC(C)(C)c5ccc(Cc6ccc(Cc7ccc(COCCCCC)cc7)cc6)cc53)CC4(C)C)cc2)cc1. The van der Waals surface area contributed by atoms with Gasteiger partial charge in [-0.25, -0.2) is 0 Å². The van der Waals surface area contributed by atoms with Crippen molar-refractivity contribution in [2.45, 2.75) is 148 Å². The molecule has 8 rings (SSSR count). The Bertz CT molecular complexity index is 2480. The molecule has 0 saturated carbocycles. The Hall–Kier alpha value is -5.40. The Morgan fingerprint density at radius 1 is 0.388 bits per heavy atom. The van der Waals surface area contributed by atoms with Crippen LogP contribution >= 0.6 is 0 Å². The van der Waals surface area contributed by atoms with E-state index >= 15 is 0 Å². The lowest BCUT2D eigenvalue weighted by Crippen LogP contribution is -2.27. The van der Waals surface area contributed by atoms with E-state index < -0.39 is 0 Å². The van der Waals surface area contributed by atoms with Gasteiger partial charge in [-0.05, 0) is 147 Å². The van der Waals surface area contributed by atoms with Gasteiger partial charge in [-0.3, -0.25) is 0 Å². The summed E-state index contributed by atoms with van der Waals surface area (Å²) in [5.41, 5.74) is 14.2. The van der Waals surface area contributed by atoms with Crippen LogP contribution in [0.2, 0.25) is 0 Å². The van der Waals surface area contributed by atoms with E-state index in [4.69, 9.17) is 29.0 Å². The highest BCUT2D eigenvalue weighted by molar-refractivity contribution is 5.61. The molecule has 2 aliphatic carbocycles. The van der Waals surface area contributed by atoms with Crippen LogP contribution in [0, 0.1) is 0 Å². The minimum atomic E-state index is -0.114. The van der Waals surface area contributed by atoms with Crippen molar-refractivity contribution in [2.24, 2.45) is 0 Å². The molecule has 6 nitrogen and oxygen atoms in total. The number of benzene rings is 6. The largest absolute Gasteiger partial charge is 0.494 e. The Balaban J connectivity index is 0.859. The van der Waals surface area contributed by atoms with Crippen molar-refractivity contribution in [3.05, 3.63) is 195 Å². The van der Waals surface area contributed by atoms with E-state index in [0.29, 0.717) is 25.6 Å². The van der Waals surface area contributed by atoms with Crippen LogP contribution < -0.4 is 14.5 Å². The highest BCUT2D eigenvalue weighted by Gasteiger charge is 2.56. The average molecular weight is 901 g/mol. The summed E-state index contributed by atoms with van der Waals surface area (Å²) >= 11 is 0. The summed E-state index contributed by atoms with van der Waals surface area (Å²) in [5, 5.41) is 0. The highest BCUT2D eigenvalue weighted by atomic mass is 17.2. The van der Waals surface area contributed by atoms with Crippen LogP contribution in [-0.2, 0) is 63.4 Å². The first-order valence-electron chi connectivity index (χ1n) is 25.0. The predicted molar refractivity (Wildman–Crippen MR) is 270 cm³/mol. The third-order valence-electron chi connectivity index (χ3n) is 14.0. The molecule has 6 aromatic carbocycles. The third kappa shape index (κ3) is 12.2. The summed E-state index contributed by atoms with van der Waals surface area (Å²) in [5.74, 6) is 2.23. The molecule has 1 atom stereocenters. The first-order valence-corrected chi connectivity index (χ1v) is 25.0. The fourth-order valence-corrected chi connectivity index (χ4v) is 10.6. The number of hydrogen-bond donors (Lipinski definition) is 0. The first kappa shape index (κ1) is 48.1. The Morgan fingerprint density at radius 3 is 1.42 bits per heavy atom. The van der Waals surface area contributed by atoms with E-state index in [-0.39, 0.29) is 16.2 Å². The maximum absolute atomic E-state index is 6.05. The Labute approximate surface area is 400 Å². The molecule has 1 spiro atoms. The summed E-state index contributed by atoms with van der Waals surface area (Å²) in [6.07, 6.45) is 12.3. The van der Waals surface area contributed by atoms with E-state index in [2.05, 4.69) is 126 Å². The molecule has 67 heavy (non-hydrogen) atoms. The lowest BCUT2D eigenvalue weighted by Gasteiger charge is -2.30. The van der Waals surface area contributed by atoms with Gasteiger partial charge in [0.25, 0.3) is 0 Å². The van der Waals surface area contributed by atoms with Crippen molar-refractivity contribution in [1.29, 1.82) is 0 Å². The zero-order chi connectivity index (χ0) is 46.7. The number of fused-ring (bicyclic) bond motifs is 4. The minimum Gasteiger partial charge on any atom is -0.494 e. The summed E-state index contributed by atoms with van der Waals surface area (Å²) in [7, 11) is 0. The smallest absolute Gasteiger partial charge is 0.165 e. The van der Waals surface area contributed by atoms with E-state index in [9.17, 15) is 0 Å². The predicted octanol–water partition coefficient (Wildman–Crippen LogP) is 15.2. The molecule has 0 fully saturated rings. The van der Waals surface area contributed by atoms with Gasteiger partial charge in [0.05, 0.1) is 13.2 Å². The topological polar surface area (TPSA) is 55.4 Å². The molecule has 0 saturated heterocycles. The molecule has 0 bridgehead atoms. The van der Waals surface area contributed by atoms with Gasteiger partial charge in [0.2, 0.25) is 0 Å². The zero-order valence-corrected chi connectivity index (χ0v) is 41.0. The third-order valence-corrected chi connectivity index (χ3v) is 14.0. The Kier molecular flexibility index (Phi) is 15.9. The van der Waals surface area contributed by atoms with Crippen LogP contribution in [-0.4, -0.2) is 13.2 Å². The molecule has 1 unspecified atom stereocenters. The Morgan fingerprint density at radius 2 is 0.821 bits per heavy atom. The van der Waals surface area contributed by atoms with Crippen molar-refractivity contribution in [1.82, 2.24) is 0 Å². The van der Waals surface area contributed by atoms with Crippen LogP contribution in [0.3, 0.4) is 0 Å². The van der Waals surface area contributed by atoms with Crippen molar-refractivity contribution < 1.29 is 29.0 Å². The second kappa shape index (κ2) is 22.1. The molecule has 0 amide bonds. The van der Waals surface area contributed by atoms with Crippen LogP contribution in [0.25, 0.3) is 0 Å². The van der Waals surface area contributed by atoms with Crippen molar-refractivity contribution >= 4 is 0 Å². The second-order valence-electron chi connectivity index (χ2n) is 20.4. The van der Waals surface area contributed by atoms with Gasteiger partial charge in [0.15, 0.2) is 11.5 Å². The number of unbranched alkanes of at least 4 members (excludes halogenated alkanes) is 5. The van der Waals surface area contributed by atoms with Crippen molar-refractivity contribution in [3.8, 4) is 17.2 Å². The highest BCUT2D eigenvalue weighted by Crippen LogP contribution is 2.63. The van der Waals surface area contributed by atoms with Crippen molar-refractivity contribution in [2.75, 3.05) is 13.2 Å². The van der Waals surface area contributed by atoms with Gasteiger partial charge in [-0.15, -0.1) is 0 Å². The van der Waals surface area contributed by atoms with Gasteiger partial charge >= 0.3 is 0 Å². The van der Waals surface area contributed by atoms with Crippen LogP contribution in [0.5, 0.6) is 17.2 Å². The maximum Gasteiger partial charge on any atom is 0.165 e. The van der Waals surface area contributed by atoms with E-state index in [1.54, 1.807) is 0 Å². The summed E-state index contributed by atoms with van der Waals surface area (Å²) in [6.45, 7) is 17.0. The minimum absolute atomic E-state index is 0.0148. The summed E-state index contributed by atoms with van der Waals surface area (Å²) in [4.78, 5) is 23.1. The van der Waals surface area contributed by atoms with Crippen molar-refractivity contribution in [3.63, 3.8) is 0 Å². The fraction of sp³-hybridized carbons (Fsp3) is 0.410. The first-order chi connectivity index (χ1) is 32.5. The zero-order valence-electron chi connectivity index (χ0n) is 41.0. The molecule has 6 aromatic rings. The number of ether oxygens (including phenoxy) is 2. The van der Waals surface area contributed by atoms with Gasteiger partial charge in [-0.1, -0.05) is 171 Å². The summed E-state index contributed by atoms with van der Waals surface area (Å²) in [6, 6.07) is 47.6. The number of rotatable bonds is 24. The number of hydrogen-bond acceptors (Lipinski definition) is 6. The molecule has 0 aromatic heterocycles. The molecule has 6 heteroatoms. The molecule has 0 radical (unpaired) electrons.